The van der Waals surface area contributed by atoms with Gasteiger partial charge in [-0.25, -0.2) is 0 Å². The Hall–Kier alpha value is -2.60. The molecule has 2 aromatic rings. The zero-order valence-electron chi connectivity index (χ0n) is 15.1. The molecule has 0 heterocycles. The first-order valence-electron chi connectivity index (χ1n) is 8.33. The van der Waals surface area contributed by atoms with Crippen LogP contribution >= 0.6 is 0 Å². The zero-order valence-corrected chi connectivity index (χ0v) is 15.1. The first-order valence-corrected chi connectivity index (χ1v) is 8.33. The summed E-state index contributed by atoms with van der Waals surface area (Å²) >= 11 is 0. The van der Waals surface area contributed by atoms with E-state index in [4.69, 9.17) is 0 Å². The monoisotopic (exact) mass is 314 g/mol. The summed E-state index contributed by atoms with van der Waals surface area (Å²) in [7, 11) is 0. The predicted octanol–water partition coefficient (Wildman–Crippen LogP) is 6.92. The Bertz CT molecular complexity index is 779. The fraction of sp³-hybridized carbons (Fsp3) is 0.167. The Morgan fingerprint density at radius 2 is 1.25 bits per heavy atom. The minimum atomic E-state index is 1.19. The molecule has 122 valence electrons. The van der Waals surface area contributed by atoms with Crippen LogP contribution < -0.4 is 0 Å². The molecule has 0 saturated heterocycles. The van der Waals surface area contributed by atoms with Gasteiger partial charge in [0.25, 0.3) is 0 Å². The highest BCUT2D eigenvalue weighted by Crippen LogP contribution is 2.28. The maximum atomic E-state index is 3.76. The summed E-state index contributed by atoms with van der Waals surface area (Å²) in [6.45, 7) is 12.3. The maximum absolute atomic E-state index is 3.76. The molecular weight excluding hydrogens is 288 g/mol. The molecule has 0 aliphatic rings. The van der Waals surface area contributed by atoms with Crippen molar-refractivity contribution >= 4 is 11.1 Å². The van der Waals surface area contributed by atoms with Crippen molar-refractivity contribution in [2.24, 2.45) is 0 Å². The van der Waals surface area contributed by atoms with E-state index in [2.05, 4.69) is 95.0 Å². The lowest BCUT2D eigenvalue weighted by atomic mass is 9.94. The van der Waals surface area contributed by atoms with E-state index in [9.17, 15) is 0 Å². The number of rotatable bonds is 5. The van der Waals surface area contributed by atoms with Crippen LogP contribution in [0.3, 0.4) is 0 Å². The maximum Gasteiger partial charge on any atom is -0.0149 e. The molecule has 0 aliphatic heterocycles. The van der Waals surface area contributed by atoms with Gasteiger partial charge in [0.2, 0.25) is 0 Å². The van der Waals surface area contributed by atoms with E-state index in [1.807, 2.05) is 12.2 Å². The van der Waals surface area contributed by atoms with Crippen molar-refractivity contribution in [1.82, 2.24) is 0 Å². The van der Waals surface area contributed by atoms with Crippen LogP contribution in [0.1, 0.15) is 36.1 Å². The third-order valence-electron chi connectivity index (χ3n) is 4.14. The minimum Gasteiger partial charge on any atom is -0.0991 e. The van der Waals surface area contributed by atoms with Gasteiger partial charge in [0.1, 0.15) is 0 Å². The fourth-order valence-corrected chi connectivity index (χ4v) is 2.59. The Morgan fingerprint density at radius 3 is 1.75 bits per heavy atom. The third-order valence-corrected chi connectivity index (χ3v) is 4.14. The molecule has 0 atom stereocenters. The van der Waals surface area contributed by atoms with Gasteiger partial charge in [0.05, 0.1) is 0 Å². The molecule has 24 heavy (non-hydrogen) atoms. The molecule has 0 amide bonds. The van der Waals surface area contributed by atoms with E-state index < -0.39 is 0 Å². The van der Waals surface area contributed by atoms with Gasteiger partial charge in [-0.3, -0.25) is 0 Å². The summed E-state index contributed by atoms with van der Waals surface area (Å²) in [5, 5.41) is 0. The second-order valence-corrected chi connectivity index (χ2v) is 6.25. The highest BCUT2D eigenvalue weighted by atomic mass is 14.1. The van der Waals surface area contributed by atoms with Crippen molar-refractivity contribution in [3.05, 3.63) is 107 Å². The van der Waals surface area contributed by atoms with E-state index in [0.29, 0.717) is 0 Å². The Morgan fingerprint density at radius 1 is 0.750 bits per heavy atom. The molecule has 0 aliphatic carbocycles. The average Bonchev–Trinajstić information content (AvgIpc) is 2.57. The van der Waals surface area contributed by atoms with Gasteiger partial charge in [0.15, 0.2) is 0 Å². The van der Waals surface area contributed by atoms with Crippen molar-refractivity contribution in [2.45, 2.75) is 27.7 Å². The second kappa shape index (κ2) is 8.31. The summed E-state index contributed by atoms with van der Waals surface area (Å²) in [4.78, 5) is 0. The summed E-state index contributed by atoms with van der Waals surface area (Å²) in [6.07, 6.45) is 8.19. The predicted molar refractivity (Wildman–Crippen MR) is 108 cm³/mol. The van der Waals surface area contributed by atoms with Crippen molar-refractivity contribution < 1.29 is 0 Å². The first kappa shape index (κ1) is 17.7. The van der Waals surface area contributed by atoms with E-state index in [1.54, 1.807) is 0 Å². The van der Waals surface area contributed by atoms with Crippen LogP contribution in [0.2, 0.25) is 0 Å². The van der Waals surface area contributed by atoms with Gasteiger partial charge in [-0.05, 0) is 50.0 Å². The lowest BCUT2D eigenvalue weighted by Crippen LogP contribution is -1.89. The number of hydrogen-bond acceptors (Lipinski definition) is 0. The number of hydrogen-bond donors (Lipinski definition) is 0. The van der Waals surface area contributed by atoms with Crippen LogP contribution in [0.15, 0.2) is 85.0 Å². The highest BCUT2D eigenvalue weighted by Gasteiger charge is 2.05. The van der Waals surface area contributed by atoms with Gasteiger partial charge in [-0.2, -0.15) is 0 Å². The van der Waals surface area contributed by atoms with Gasteiger partial charge in [0, 0.05) is 0 Å². The molecule has 0 spiro atoms. The topological polar surface area (TPSA) is 0 Å². The standard InChI is InChI=1S/C24H26/c1-6-7-18(2)12-17-24(23-15-10-20(4)11-16-23)21(5)22-13-8-19(3)9-14-22/h6-17H,1H2,2-5H3/b17-12-,18-7-,24-21-. The van der Waals surface area contributed by atoms with Gasteiger partial charge < -0.3 is 0 Å². The first-order chi connectivity index (χ1) is 11.5. The van der Waals surface area contributed by atoms with Crippen LogP contribution in [0.25, 0.3) is 11.1 Å². The van der Waals surface area contributed by atoms with E-state index >= 15 is 0 Å². The van der Waals surface area contributed by atoms with Crippen LogP contribution in [0.4, 0.5) is 0 Å². The lowest BCUT2D eigenvalue weighted by Gasteiger charge is -2.11. The summed E-state index contributed by atoms with van der Waals surface area (Å²) in [5.41, 5.74) is 8.76. The molecule has 0 N–H and O–H groups in total. The number of benzene rings is 2. The van der Waals surface area contributed by atoms with Gasteiger partial charge >= 0.3 is 0 Å². The lowest BCUT2D eigenvalue weighted by molar-refractivity contribution is 1.43. The molecular formula is C24H26. The summed E-state index contributed by atoms with van der Waals surface area (Å²) in [6, 6.07) is 17.4. The fourth-order valence-electron chi connectivity index (χ4n) is 2.59. The minimum absolute atomic E-state index is 1.19. The largest absolute Gasteiger partial charge is 0.0991 e. The number of aryl methyl sites for hydroxylation is 2. The highest BCUT2D eigenvalue weighted by molar-refractivity contribution is 5.95. The average molecular weight is 314 g/mol. The molecule has 0 aromatic heterocycles. The molecule has 0 nitrogen and oxygen atoms in total. The molecule has 0 fully saturated rings. The summed E-state index contributed by atoms with van der Waals surface area (Å²) in [5.74, 6) is 0. The van der Waals surface area contributed by atoms with Crippen molar-refractivity contribution in [3.8, 4) is 0 Å². The molecule has 2 aromatic carbocycles. The van der Waals surface area contributed by atoms with Gasteiger partial charge in [-0.15, -0.1) is 0 Å². The Labute approximate surface area is 146 Å². The molecule has 0 heteroatoms. The second-order valence-electron chi connectivity index (χ2n) is 6.25. The van der Waals surface area contributed by atoms with Crippen molar-refractivity contribution in [2.75, 3.05) is 0 Å². The van der Waals surface area contributed by atoms with Gasteiger partial charge in [-0.1, -0.05) is 96.1 Å². The number of allylic oxidation sites excluding steroid dienone is 7. The zero-order chi connectivity index (χ0) is 17.5. The van der Waals surface area contributed by atoms with E-state index in [1.165, 1.54) is 39.0 Å². The molecule has 0 saturated carbocycles. The van der Waals surface area contributed by atoms with Crippen LogP contribution in [-0.4, -0.2) is 0 Å². The molecule has 0 unspecified atom stereocenters. The van der Waals surface area contributed by atoms with E-state index in [-0.39, 0.29) is 0 Å². The SMILES string of the molecule is C=C\C=C(C)/C=C\C(=C(/C)c1ccc(C)cc1)c1ccc(C)cc1. The normalized spacial score (nSPS) is 13.1. The molecule has 2 rings (SSSR count). The third kappa shape index (κ3) is 4.70. The molecule has 0 radical (unpaired) electrons. The van der Waals surface area contributed by atoms with Crippen molar-refractivity contribution in [3.63, 3.8) is 0 Å². The Balaban J connectivity index is 2.54. The molecule has 0 bridgehead atoms. The quantitative estimate of drug-likeness (QED) is 0.415. The van der Waals surface area contributed by atoms with Crippen LogP contribution in [0.5, 0.6) is 0 Å². The van der Waals surface area contributed by atoms with Crippen LogP contribution in [-0.2, 0) is 0 Å². The smallest absolute Gasteiger partial charge is 0.0149 e. The van der Waals surface area contributed by atoms with E-state index in [0.717, 1.165) is 0 Å². The van der Waals surface area contributed by atoms with Crippen LogP contribution in [0, 0.1) is 13.8 Å². The Kier molecular flexibility index (Phi) is 6.14. The van der Waals surface area contributed by atoms with Crippen molar-refractivity contribution in [1.29, 1.82) is 0 Å². The summed E-state index contributed by atoms with van der Waals surface area (Å²) < 4.78 is 0.